The van der Waals surface area contributed by atoms with Crippen LogP contribution in [0.4, 0.5) is 0 Å². The second kappa shape index (κ2) is 7.95. The minimum absolute atomic E-state index is 0. The summed E-state index contributed by atoms with van der Waals surface area (Å²) in [5.41, 5.74) is 0. The first kappa shape index (κ1) is 34.9. The third kappa shape index (κ3) is 216. The van der Waals surface area contributed by atoms with Gasteiger partial charge >= 0.3 is 186 Å². The summed E-state index contributed by atoms with van der Waals surface area (Å²) in [7, 11) is 49.9. The zero-order valence-electron chi connectivity index (χ0n) is 7.47. The molecule has 0 saturated carbocycles. The molecule has 0 radical (unpaired) electrons. The normalized spacial score (nSPS) is 19.1. The van der Waals surface area contributed by atoms with Crippen LogP contribution < -0.4 is 0 Å². The van der Waals surface area contributed by atoms with Crippen LogP contribution in [0.2, 0.25) is 0 Å². The maximum Gasteiger partial charge on any atom is 2.00 e. The van der Waals surface area contributed by atoms with E-state index in [2.05, 4.69) is 0 Å². The minimum Gasteiger partial charge on any atom is 2.00 e. The molecular weight excluding hydrogens is 989 g/mol. The fourth-order valence-electron chi connectivity index (χ4n) is 0. The first-order valence-corrected chi connectivity index (χ1v) is 45.5. The molecule has 0 aliphatic heterocycles. The van der Waals surface area contributed by atoms with Crippen LogP contribution in [-0.4, -0.2) is 0 Å². The van der Waals surface area contributed by atoms with Crippen molar-refractivity contribution in [1.82, 2.24) is 0 Å². The smallest absolute Gasteiger partial charge is 2.00 e. The summed E-state index contributed by atoms with van der Waals surface area (Å²) in [5.74, 6) is 0. The van der Waals surface area contributed by atoms with Gasteiger partial charge in [0.15, 0.2) is 0 Å². The zero-order valence-corrected chi connectivity index (χ0v) is 31.3. The van der Waals surface area contributed by atoms with Crippen molar-refractivity contribution in [2.24, 2.45) is 0 Å². The summed E-state index contributed by atoms with van der Waals surface area (Å²) >= 11 is 0. The van der Waals surface area contributed by atoms with Crippen molar-refractivity contribution in [2.75, 3.05) is 0 Å². The van der Waals surface area contributed by atoms with Crippen LogP contribution in [0.15, 0.2) is 0 Å². The Morgan fingerprint density at radius 1 is 0.294 bits per heavy atom. The average molecular weight is 989 g/mol. The van der Waals surface area contributed by atoms with E-state index >= 15 is 0 Å². The van der Waals surface area contributed by atoms with E-state index in [1.165, 1.54) is 0 Å². The average Bonchev–Trinajstić information content (AvgIpc) is 0.938. The van der Waals surface area contributed by atoms with Crippen molar-refractivity contribution < 1.29 is 73.1 Å². The van der Waals surface area contributed by atoms with Gasteiger partial charge in [-0.15, -0.1) is 0 Å². The SMILES string of the molecule is [Cl][W-3]([Cl])([Cl])([Cl])([Cl])[Cl].[Cl][W-3]([Cl])([Cl])([Cl])([Cl])[Cl].[Zn+2].[Zn+2].[Zn+2]. The van der Waals surface area contributed by atoms with Gasteiger partial charge in [-0.2, -0.15) is 0 Å². The quantitative estimate of drug-likeness (QED) is 0.215. The molecule has 17 heavy (non-hydrogen) atoms. The van der Waals surface area contributed by atoms with Crippen LogP contribution >= 0.6 is 113 Å². The van der Waals surface area contributed by atoms with E-state index in [1.807, 2.05) is 0 Å². The molecule has 0 bridgehead atoms. The maximum atomic E-state index is 5.07. The van der Waals surface area contributed by atoms with Crippen molar-refractivity contribution in [1.29, 1.82) is 0 Å². The summed E-state index contributed by atoms with van der Waals surface area (Å²) in [6.45, 7) is 0. The van der Waals surface area contributed by atoms with Gasteiger partial charge in [-0.05, 0) is 0 Å². The molecule has 0 aromatic rings. The zero-order chi connectivity index (χ0) is 12.8. The first-order chi connectivity index (χ1) is 4.90. The number of hydrogen-bond donors (Lipinski definition) is 0. The van der Waals surface area contributed by atoms with Gasteiger partial charge in [-0.3, -0.25) is 0 Å². The summed E-state index contributed by atoms with van der Waals surface area (Å²) in [6.07, 6.45) is 0. The van der Waals surface area contributed by atoms with Crippen LogP contribution in [0.5, 0.6) is 0 Å². The Balaban J connectivity index is -0.0000000480. The summed E-state index contributed by atoms with van der Waals surface area (Å²) in [5, 5.41) is 0. The third-order valence-corrected chi connectivity index (χ3v) is 0. The standard InChI is InChI=1S/12ClH.2W.3Zn/h12*1H;;;;;/q;;;;;;;;;;;;2*+3;3*+2/p-12. The molecule has 0 rings (SSSR count). The van der Waals surface area contributed by atoms with Gasteiger partial charge in [0.25, 0.3) is 0 Å². The predicted octanol–water partition coefficient (Wildman–Crippen LogP) is 8.26. The molecule has 0 aliphatic rings. The van der Waals surface area contributed by atoms with Gasteiger partial charge < -0.3 is 0 Å². The molecule has 0 saturated heterocycles. The van der Waals surface area contributed by atoms with Crippen LogP contribution in [0.3, 0.4) is 0 Å². The summed E-state index contributed by atoms with van der Waals surface area (Å²) in [6, 6.07) is 0. The predicted molar refractivity (Wildman–Crippen MR) is 70.2 cm³/mol. The number of halogens is 12. The van der Waals surface area contributed by atoms with Crippen molar-refractivity contribution in [2.45, 2.75) is 0 Å². The molecule has 0 atom stereocenters. The number of hydrogen-bond acceptors (Lipinski definition) is 0. The van der Waals surface area contributed by atoms with E-state index < -0.39 is 14.6 Å². The van der Waals surface area contributed by atoms with E-state index in [1.54, 1.807) is 0 Å². The molecule has 0 N–H and O–H groups in total. The van der Waals surface area contributed by atoms with Gasteiger partial charge in [0, 0.05) is 0 Å². The monoisotopic (exact) mass is 979 g/mol. The van der Waals surface area contributed by atoms with E-state index in [0.29, 0.717) is 0 Å². The Morgan fingerprint density at radius 3 is 0.294 bits per heavy atom. The van der Waals surface area contributed by atoms with E-state index in [9.17, 15) is 0 Å². The fourth-order valence-corrected chi connectivity index (χ4v) is 0. The van der Waals surface area contributed by atoms with Crippen molar-refractivity contribution in [3.05, 3.63) is 0 Å². The molecule has 0 amide bonds. The van der Waals surface area contributed by atoms with E-state index in [0.717, 1.165) is 0 Å². The molecule has 17 heteroatoms. The largest absolute Gasteiger partial charge is 2.00 e. The third-order valence-electron chi connectivity index (χ3n) is 0. The molecule has 102 valence electrons. The van der Waals surface area contributed by atoms with Crippen molar-refractivity contribution in [3.8, 4) is 0 Å². The number of rotatable bonds is 0. The Hall–Kier alpha value is 6.73. The maximum absolute atomic E-state index is 5.47. The molecule has 0 nitrogen and oxygen atoms in total. The Morgan fingerprint density at radius 2 is 0.294 bits per heavy atom. The van der Waals surface area contributed by atoms with E-state index in [4.69, 9.17) is 113 Å². The molecule has 0 spiro atoms. The van der Waals surface area contributed by atoms with Crippen LogP contribution in [0.1, 0.15) is 0 Å². The van der Waals surface area contributed by atoms with Gasteiger partial charge in [-0.1, -0.05) is 0 Å². The van der Waals surface area contributed by atoms with Crippen molar-refractivity contribution >= 4 is 113 Å². The van der Waals surface area contributed by atoms with E-state index in [-0.39, 0.29) is 58.4 Å². The summed E-state index contributed by atoms with van der Waals surface area (Å²) in [4.78, 5) is 0. The molecule has 0 aliphatic carbocycles. The molecule has 0 fully saturated rings. The fraction of sp³-hybridized carbons (Fsp3) is 0. The first-order valence-electron chi connectivity index (χ1n) is 1.85. The molecule has 0 unspecified atom stereocenters. The van der Waals surface area contributed by atoms with Gasteiger partial charge in [-0.25, -0.2) is 0 Å². The van der Waals surface area contributed by atoms with Gasteiger partial charge in [0.05, 0.1) is 0 Å². The molecule has 0 aromatic heterocycles. The second-order valence-electron chi connectivity index (χ2n) is 1.75. The van der Waals surface area contributed by atoms with Gasteiger partial charge in [0.1, 0.15) is 0 Å². The molecule has 0 aromatic carbocycles. The second-order valence-corrected chi connectivity index (χ2v) is 129. The Labute approximate surface area is 181 Å². The van der Waals surface area contributed by atoms with Crippen LogP contribution in [0.25, 0.3) is 0 Å². The van der Waals surface area contributed by atoms with Gasteiger partial charge in [0.2, 0.25) is 0 Å². The Kier molecular flexibility index (Phi) is 16.3. The Bertz CT molecular complexity index is 167. The summed E-state index contributed by atoms with van der Waals surface area (Å²) < 4.78 is 0. The molecular formula is Cl12W2Zn3. The molecule has 0 heterocycles. The van der Waals surface area contributed by atoms with Crippen LogP contribution in [-0.2, 0) is 73.1 Å². The minimum atomic E-state index is -5.47. The van der Waals surface area contributed by atoms with Crippen LogP contribution in [0, 0.1) is 0 Å². The van der Waals surface area contributed by atoms with Crippen molar-refractivity contribution in [3.63, 3.8) is 0 Å². The topological polar surface area (TPSA) is 0 Å².